The molecule has 0 aliphatic rings. The minimum atomic E-state index is -1.18. The summed E-state index contributed by atoms with van der Waals surface area (Å²) >= 11 is 1.09. The Morgan fingerprint density at radius 3 is 2.82 bits per heavy atom. The fraction of sp³-hybridized carbons (Fsp3) is 0. The fourth-order valence-electron chi connectivity index (χ4n) is 1.20. The number of nitrogens with one attached hydrogen (secondary N) is 1. The molecule has 0 atom stereocenters. The van der Waals surface area contributed by atoms with Crippen molar-refractivity contribution in [2.24, 2.45) is 0 Å². The lowest BCUT2D eigenvalue weighted by molar-refractivity contribution is 0.103. The van der Waals surface area contributed by atoms with Crippen LogP contribution in [-0.2, 0) is 0 Å². The van der Waals surface area contributed by atoms with E-state index in [4.69, 9.17) is 5.73 Å². The summed E-state index contributed by atoms with van der Waals surface area (Å²) in [6.07, 6.45) is 1.33. The van der Waals surface area contributed by atoms with Crippen LogP contribution in [0.15, 0.2) is 23.8 Å². The summed E-state index contributed by atoms with van der Waals surface area (Å²) in [5, 5.41) is 2.21. The number of halogens is 2. The number of nitrogens with two attached hydrogens (primary N) is 1. The van der Waals surface area contributed by atoms with E-state index in [1.54, 1.807) is 0 Å². The summed E-state index contributed by atoms with van der Waals surface area (Å²) in [5.41, 5.74) is 6.52. The summed E-state index contributed by atoms with van der Waals surface area (Å²) in [6.45, 7) is 0. The molecule has 0 spiro atoms. The SMILES string of the molecule is Nc1ccc(F)c(F)c1NC(=O)c1cncs1. The van der Waals surface area contributed by atoms with Gasteiger partial charge in [0.05, 0.1) is 17.4 Å². The number of carbonyl (C=O) groups is 1. The van der Waals surface area contributed by atoms with E-state index in [1.807, 2.05) is 0 Å². The molecular weight excluding hydrogens is 248 g/mol. The number of amides is 1. The van der Waals surface area contributed by atoms with Crippen LogP contribution in [0.2, 0.25) is 0 Å². The second-order valence-corrected chi connectivity index (χ2v) is 4.03. The highest BCUT2D eigenvalue weighted by Gasteiger charge is 2.16. The van der Waals surface area contributed by atoms with E-state index < -0.39 is 17.5 Å². The van der Waals surface area contributed by atoms with Crippen LogP contribution in [0, 0.1) is 11.6 Å². The van der Waals surface area contributed by atoms with Gasteiger partial charge in [0.15, 0.2) is 11.6 Å². The lowest BCUT2D eigenvalue weighted by atomic mass is 10.2. The molecule has 1 aromatic heterocycles. The second kappa shape index (κ2) is 4.46. The highest BCUT2D eigenvalue weighted by Crippen LogP contribution is 2.25. The first-order valence-electron chi connectivity index (χ1n) is 4.53. The normalized spacial score (nSPS) is 10.2. The summed E-state index contributed by atoms with van der Waals surface area (Å²) in [7, 11) is 0. The predicted molar refractivity (Wildman–Crippen MR) is 60.8 cm³/mol. The van der Waals surface area contributed by atoms with Crippen molar-refractivity contribution in [1.82, 2.24) is 4.98 Å². The van der Waals surface area contributed by atoms with Gasteiger partial charge in [-0.05, 0) is 12.1 Å². The van der Waals surface area contributed by atoms with Crippen molar-refractivity contribution < 1.29 is 13.6 Å². The molecule has 1 heterocycles. The third kappa shape index (κ3) is 2.23. The minimum Gasteiger partial charge on any atom is -0.397 e. The van der Waals surface area contributed by atoms with E-state index in [1.165, 1.54) is 17.8 Å². The van der Waals surface area contributed by atoms with E-state index >= 15 is 0 Å². The summed E-state index contributed by atoms with van der Waals surface area (Å²) in [5.74, 6) is -2.83. The first-order valence-corrected chi connectivity index (χ1v) is 5.41. The topological polar surface area (TPSA) is 68.0 Å². The van der Waals surface area contributed by atoms with Crippen LogP contribution in [0.1, 0.15) is 9.67 Å². The van der Waals surface area contributed by atoms with Crippen LogP contribution in [0.4, 0.5) is 20.2 Å². The molecule has 0 saturated carbocycles. The average Bonchev–Trinajstić information content (AvgIpc) is 2.83. The Kier molecular flexibility index (Phi) is 3.01. The number of carbonyl (C=O) groups excluding carboxylic acids is 1. The molecule has 0 unspecified atom stereocenters. The standard InChI is InChI=1S/C10H7F2N3OS/c11-5-1-2-6(13)9(8(5)12)15-10(16)7-3-14-4-17-7/h1-4H,13H2,(H,15,16). The quantitative estimate of drug-likeness (QED) is 0.809. The third-order valence-corrected chi connectivity index (χ3v) is 2.79. The zero-order chi connectivity index (χ0) is 12.4. The van der Waals surface area contributed by atoms with Crippen LogP contribution in [-0.4, -0.2) is 10.9 Å². The average molecular weight is 255 g/mol. The van der Waals surface area contributed by atoms with Gasteiger partial charge in [0.25, 0.3) is 5.91 Å². The van der Waals surface area contributed by atoms with Crippen molar-refractivity contribution in [2.45, 2.75) is 0 Å². The first kappa shape index (κ1) is 11.5. The van der Waals surface area contributed by atoms with Crippen molar-refractivity contribution in [3.05, 3.63) is 40.4 Å². The number of aromatic nitrogens is 1. The van der Waals surface area contributed by atoms with Gasteiger partial charge in [-0.2, -0.15) is 0 Å². The van der Waals surface area contributed by atoms with Gasteiger partial charge < -0.3 is 11.1 Å². The Hall–Kier alpha value is -2.02. The van der Waals surface area contributed by atoms with Crippen LogP contribution in [0.3, 0.4) is 0 Å². The van der Waals surface area contributed by atoms with Crippen molar-refractivity contribution >= 4 is 28.6 Å². The number of nitrogen functional groups attached to an aromatic ring is 1. The molecule has 17 heavy (non-hydrogen) atoms. The number of nitrogens with zero attached hydrogens (tertiary/aromatic N) is 1. The molecule has 2 aromatic rings. The largest absolute Gasteiger partial charge is 0.397 e. The Bertz CT molecular complexity index is 557. The molecule has 1 aromatic carbocycles. The van der Waals surface area contributed by atoms with Gasteiger partial charge in [-0.25, -0.2) is 8.78 Å². The molecule has 0 aliphatic heterocycles. The molecule has 0 radical (unpaired) electrons. The maximum absolute atomic E-state index is 13.4. The van der Waals surface area contributed by atoms with Crippen LogP contribution in [0.5, 0.6) is 0 Å². The third-order valence-electron chi connectivity index (χ3n) is 2.02. The van der Waals surface area contributed by atoms with Gasteiger partial charge in [0.2, 0.25) is 0 Å². The predicted octanol–water partition coefficient (Wildman–Crippen LogP) is 2.26. The van der Waals surface area contributed by atoms with Gasteiger partial charge in [-0.1, -0.05) is 0 Å². The molecule has 0 fully saturated rings. The van der Waals surface area contributed by atoms with Crippen molar-refractivity contribution in [3.8, 4) is 0 Å². The zero-order valence-electron chi connectivity index (χ0n) is 8.41. The summed E-state index contributed by atoms with van der Waals surface area (Å²) in [6, 6.07) is 2.08. The molecule has 0 bridgehead atoms. The van der Waals surface area contributed by atoms with Gasteiger partial charge in [-0.3, -0.25) is 9.78 Å². The molecule has 2 rings (SSSR count). The van der Waals surface area contributed by atoms with Gasteiger partial charge in [0, 0.05) is 0 Å². The van der Waals surface area contributed by atoms with E-state index in [0.29, 0.717) is 0 Å². The molecule has 3 N–H and O–H groups in total. The number of anilines is 2. The first-order chi connectivity index (χ1) is 8.09. The fourth-order valence-corrected chi connectivity index (χ4v) is 1.71. The van der Waals surface area contributed by atoms with E-state index in [0.717, 1.165) is 17.4 Å². The molecule has 7 heteroatoms. The minimum absolute atomic E-state index is 0.0400. The van der Waals surface area contributed by atoms with Crippen molar-refractivity contribution in [1.29, 1.82) is 0 Å². The summed E-state index contributed by atoms with van der Waals surface area (Å²) in [4.78, 5) is 15.6. The van der Waals surface area contributed by atoms with E-state index in [-0.39, 0.29) is 16.3 Å². The number of thiazole rings is 1. The molecule has 0 saturated heterocycles. The molecule has 88 valence electrons. The van der Waals surface area contributed by atoms with Crippen molar-refractivity contribution in [2.75, 3.05) is 11.1 Å². The Morgan fingerprint density at radius 2 is 2.18 bits per heavy atom. The number of benzene rings is 1. The van der Waals surface area contributed by atoms with Gasteiger partial charge in [-0.15, -0.1) is 11.3 Å². The van der Waals surface area contributed by atoms with Crippen LogP contribution < -0.4 is 11.1 Å². The van der Waals surface area contributed by atoms with E-state index in [2.05, 4.69) is 10.3 Å². The van der Waals surface area contributed by atoms with Crippen LogP contribution >= 0.6 is 11.3 Å². The van der Waals surface area contributed by atoms with E-state index in [9.17, 15) is 13.6 Å². The monoisotopic (exact) mass is 255 g/mol. The Labute approximate surface area is 99.1 Å². The molecule has 4 nitrogen and oxygen atoms in total. The van der Waals surface area contributed by atoms with Gasteiger partial charge in [0.1, 0.15) is 10.6 Å². The molecule has 1 amide bonds. The maximum Gasteiger partial charge on any atom is 0.267 e. The smallest absolute Gasteiger partial charge is 0.267 e. The highest BCUT2D eigenvalue weighted by molar-refractivity contribution is 7.11. The van der Waals surface area contributed by atoms with Gasteiger partial charge >= 0.3 is 0 Å². The highest BCUT2D eigenvalue weighted by atomic mass is 32.1. The molecule has 0 aliphatic carbocycles. The zero-order valence-corrected chi connectivity index (χ0v) is 9.22. The number of hydrogen-bond donors (Lipinski definition) is 2. The lowest BCUT2D eigenvalue weighted by Crippen LogP contribution is -2.13. The second-order valence-electron chi connectivity index (χ2n) is 3.15. The Balaban J connectivity index is 2.31. The molecular formula is C10H7F2N3OS. The van der Waals surface area contributed by atoms with Crippen molar-refractivity contribution in [3.63, 3.8) is 0 Å². The summed E-state index contributed by atoms with van der Waals surface area (Å²) < 4.78 is 26.3. The number of rotatable bonds is 2. The number of hydrogen-bond acceptors (Lipinski definition) is 4. The maximum atomic E-state index is 13.4. The Morgan fingerprint density at radius 1 is 1.41 bits per heavy atom. The van der Waals surface area contributed by atoms with Crippen LogP contribution in [0.25, 0.3) is 0 Å². The lowest BCUT2D eigenvalue weighted by Gasteiger charge is -2.08.